The van der Waals surface area contributed by atoms with Gasteiger partial charge in [0, 0.05) is 24.9 Å². The first-order valence-electron chi connectivity index (χ1n) is 7.47. The lowest BCUT2D eigenvalue weighted by Gasteiger charge is -2.37. The molecule has 0 aromatic heterocycles. The molecular formula is C15H27NO. The van der Waals surface area contributed by atoms with E-state index in [9.17, 15) is 4.79 Å². The van der Waals surface area contributed by atoms with Gasteiger partial charge < -0.3 is 0 Å². The molecule has 0 radical (unpaired) electrons. The number of hydrogen-bond donors (Lipinski definition) is 0. The number of nitrogens with zero attached hydrogens (tertiary/aromatic N) is 1. The van der Waals surface area contributed by atoms with E-state index >= 15 is 0 Å². The van der Waals surface area contributed by atoms with Crippen molar-refractivity contribution in [1.29, 1.82) is 0 Å². The Labute approximate surface area is 106 Å². The van der Waals surface area contributed by atoms with Crippen LogP contribution in [0.15, 0.2) is 0 Å². The first-order valence-corrected chi connectivity index (χ1v) is 7.47. The molecule has 3 atom stereocenters. The second-order valence-corrected chi connectivity index (χ2v) is 6.05. The van der Waals surface area contributed by atoms with Crippen molar-refractivity contribution in [2.45, 2.75) is 64.8 Å². The summed E-state index contributed by atoms with van der Waals surface area (Å²) in [6.07, 6.45) is 8.39. The molecule has 2 rings (SSSR count). The van der Waals surface area contributed by atoms with Crippen LogP contribution in [-0.4, -0.2) is 29.8 Å². The van der Waals surface area contributed by atoms with Gasteiger partial charge in [-0.25, -0.2) is 0 Å². The molecule has 0 N–H and O–H groups in total. The summed E-state index contributed by atoms with van der Waals surface area (Å²) in [5, 5.41) is 0. The van der Waals surface area contributed by atoms with Crippen LogP contribution in [0, 0.1) is 11.8 Å². The zero-order valence-corrected chi connectivity index (χ0v) is 11.5. The molecule has 2 heteroatoms. The number of hydrogen-bond acceptors (Lipinski definition) is 2. The van der Waals surface area contributed by atoms with E-state index in [0.29, 0.717) is 17.7 Å². The van der Waals surface area contributed by atoms with Crippen molar-refractivity contribution in [2.75, 3.05) is 13.1 Å². The van der Waals surface area contributed by atoms with E-state index < -0.39 is 0 Å². The lowest BCUT2D eigenvalue weighted by atomic mass is 9.79. The third-order valence-corrected chi connectivity index (χ3v) is 4.84. The van der Waals surface area contributed by atoms with Crippen LogP contribution in [0.1, 0.15) is 58.8 Å². The minimum absolute atomic E-state index is 0.342. The molecule has 0 bridgehead atoms. The second kappa shape index (κ2) is 5.99. The minimum Gasteiger partial charge on any atom is -0.300 e. The van der Waals surface area contributed by atoms with Gasteiger partial charge >= 0.3 is 0 Å². The third-order valence-electron chi connectivity index (χ3n) is 4.84. The van der Waals surface area contributed by atoms with Crippen molar-refractivity contribution in [3.05, 3.63) is 0 Å². The average Bonchev–Trinajstić information content (AvgIpc) is 2.35. The molecule has 0 aromatic carbocycles. The molecule has 0 aromatic rings. The number of ketones is 1. The Balaban J connectivity index is 1.89. The van der Waals surface area contributed by atoms with Gasteiger partial charge in [-0.2, -0.15) is 0 Å². The molecule has 98 valence electrons. The van der Waals surface area contributed by atoms with Crippen molar-refractivity contribution < 1.29 is 4.79 Å². The van der Waals surface area contributed by atoms with Crippen LogP contribution in [0.4, 0.5) is 0 Å². The summed E-state index contributed by atoms with van der Waals surface area (Å²) in [4.78, 5) is 14.6. The van der Waals surface area contributed by atoms with Crippen molar-refractivity contribution in [1.82, 2.24) is 4.90 Å². The first-order chi connectivity index (χ1) is 8.20. The quantitative estimate of drug-likeness (QED) is 0.751. The Morgan fingerprint density at radius 1 is 1.29 bits per heavy atom. The zero-order chi connectivity index (χ0) is 12.3. The lowest BCUT2D eigenvalue weighted by molar-refractivity contribution is -0.126. The highest BCUT2D eigenvalue weighted by Gasteiger charge is 2.30. The molecular weight excluding hydrogens is 210 g/mol. The summed E-state index contributed by atoms with van der Waals surface area (Å²) in [6, 6.07) is 0.693. The van der Waals surface area contributed by atoms with Crippen molar-refractivity contribution >= 4 is 5.78 Å². The van der Waals surface area contributed by atoms with Crippen LogP contribution in [0.25, 0.3) is 0 Å². The van der Waals surface area contributed by atoms with Crippen molar-refractivity contribution in [3.8, 4) is 0 Å². The predicted molar refractivity (Wildman–Crippen MR) is 71.0 cm³/mol. The van der Waals surface area contributed by atoms with Gasteiger partial charge in [0.25, 0.3) is 0 Å². The molecule has 1 heterocycles. The predicted octanol–water partition coefficient (Wildman–Crippen LogP) is 3.26. The monoisotopic (exact) mass is 237 g/mol. The maximum atomic E-state index is 12.0. The molecule has 2 nitrogen and oxygen atoms in total. The third kappa shape index (κ3) is 3.31. The fourth-order valence-corrected chi connectivity index (χ4v) is 3.46. The number of likely N-dealkylation sites (tertiary alicyclic amines) is 1. The van der Waals surface area contributed by atoms with Gasteiger partial charge in [-0.1, -0.05) is 19.8 Å². The van der Waals surface area contributed by atoms with Crippen LogP contribution < -0.4 is 0 Å². The van der Waals surface area contributed by atoms with Gasteiger partial charge in [0.1, 0.15) is 5.78 Å². The van der Waals surface area contributed by atoms with Crippen molar-refractivity contribution in [3.63, 3.8) is 0 Å². The van der Waals surface area contributed by atoms with Crippen LogP contribution in [0.3, 0.4) is 0 Å². The van der Waals surface area contributed by atoms with Gasteiger partial charge in [0.05, 0.1) is 0 Å². The van der Waals surface area contributed by atoms with E-state index in [4.69, 9.17) is 0 Å². The summed E-state index contributed by atoms with van der Waals surface area (Å²) in [7, 11) is 0. The molecule has 2 fully saturated rings. The Morgan fingerprint density at radius 3 is 2.82 bits per heavy atom. The lowest BCUT2D eigenvalue weighted by Crippen LogP contribution is -2.43. The van der Waals surface area contributed by atoms with Crippen LogP contribution >= 0.6 is 0 Å². The molecule has 3 unspecified atom stereocenters. The summed E-state index contributed by atoms with van der Waals surface area (Å²) >= 11 is 0. The highest BCUT2D eigenvalue weighted by Crippen LogP contribution is 2.30. The summed E-state index contributed by atoms with van der Waals surface area (Å²) in [5.74, 6) is 1.68. The minimum atomic E-state index is 0.342. The van der Waals surface area contributed by atoms with Crippen LogP contribution in [-0.2, 0) is 4.79 Å². The zero-order valence-electron chi connectivity index (χ0n) is 11.5. The number of carbonyl (C=O) groups excluding carboxylic acids is 1. The first kappa shape index (κ1) is 13.1. The van der Waals surface area contributed by atoms with E-state index in [1.807, 2.05) is 0 Å². The fourth-order valence-electron chi connectivity index (χ4n) is 3.46. The van der Waals surface area contributed by atoms with Gasteiger partial charge in [0.2, 0.25) is 0 Å². The van der Waals surface area contributed by atoms with Gasteiger partial charge in [-0.3, -0.25) is 9.69 Å². The van der Waals surface area contributed by atoms with Gasteiger partial charge in [-0.05, 0) is 45.1 Å². The second-order valence-electron chi connectivity index (χ2n) is 6.05. The smallest absolute Gasteiger partial charge is 0.137 e. The highest BCUT2D eigenvalue weighted by atomic mass is 16.1. The van der Waals surface area contributed by atoms with E-state index in [2.05, 4.69) is 18.7 Å². The Hall–Kier alpha value is -0.370. The fraction of sp³-hybridized carbons (Fsp3) is 0.933. The number of Topliss-reactive ketones (excluding diaryl/α,β-unsaturated/α-hetero) is 1. The normalized spacial score (nSPS) is 36.1. The van der Waals surface area contributed by atoms with E-state index in [-0.39, 0.29) is 0 Å². The molecule has 2 aliphatic rings. The van der Waals surface area contributed by atoms with Gasteiger partial charge in [-0.15, -0.1) is 0 Å². The molecule has 0 amide bonds. The highest BCUT2D eigenvalue weighted by molar-refractivity contribution is 5.81. The summed E-state index contributed by atoms with van der Waals surface area (Å²) in [5.41, 5.74) is 0. The number of carbonyl (C=O) groups is 1. The largest absolute Gasteiger partial charge is 0.300 e. The molecule has 1 saturated heterocycles. The maximum Gasteiger partial charge on any atom is 0.137 e. The average molecular weight is 237 g/mol. The SMILES string of the molecule is CCC1CCC(=O)C(CN2CCCCC2C)C1. The Bertz CT molecular complexity index is 264. The molecule has 1 aliphatic carbocycles. The molecule has 1 saturated carbocycles. The van der Waals surface area contributed by atoms with Crippen molar-refractivity contribution in [2.24, 2.45) is 11.8 Å². The van der Waals surface area contributed by atoms with Crippen LogP contribution in [0.2, 0.25) is 0 Å². The Morgan fingerprint density at radius 2 is 2.12 bits per heavy atom. The molecule has 1 aliphatic heterocycles. The van der Waals surface area contributed by atoms with E-state index in [1.165, 1.54) is 32.2 Å². The summed E-state index contributed by atoms with van der Waals surface area (Å²) < 4.78 is 0. The standard InChI is InChI=1S/C15H27NO/c1-3-13-7-8-15(17)14(10-13)11-16-9-5-4-6-12(16)2/h12-14H,3-11H2,1-2H3. The summed E-state index contributed by atoms with van der Waals surface area (Å²) in [6.45, 7) is 6.84. The number of piperidine rings is 1. The topological polar surface area (TPSA) is 20.3 Å². The Kier molecular flexibility index (Phi) is 4.61. The number of rotatable bonds is 3. The molecule has 17 heavy (non-hydrogen) atoms. The van der Waals surface area contributed by atoms with E-state index in [0.717, 1.165) is 31.7 Å². The molecule has 0 spiro atoms. The maximum absolute atomic E-state index is 12.0. The van der Waals surface area contributed by atoms with Gasteiger partial charge in [0.15, 0.2) is 0 Å². The van der Waals surface area contributed by atoms with Crippen LogP contribution in [0.5, 0.6) is 0 Å². The van der Waals surface area contributed by atoms with E-state index in [1.54, 1.807) is 0 Å².